The van der Waals surface area contributed by atoms with Gasteiger partial charge in [-0.05, 0) is 18.6 Å². The van der Waals surface area contributed by atoms with E-state index in [1.165, 1.54) is 6.20 Å². The summed E-state index contributed by atoms with van der Waals surface area (Å²) in [5.74, 6) is 0.601. The van der Waals surface area contributed by atoms with Crippen LogP contribution in [0.5, 0.6) is 0 Å². The van der Waals surface area contributed by atoms with E-state index in [-0.39, 0.29) is 17.9 Å². The number of aromatic nitrogens is 1. The largest absolute Gasteiger partial charge is 0.349 e. The highest BCUT2D eigenvalue weighted by molar-refractivity contribution is 5.94. The lowest BCUT2D eigenvalue weighted by Gasteiger charge is -2.24. The highest BCUT2D eigenvalue weighted by Crippen LogP contribution is 2.20. The second-order valence-electron chi connectivity index (χ2n) is 5.08. The Labute approximate surface area is 124 Å². The van der Waals surface area contributed by atoms with Gasteiger partial charge in [0.15, 0.2) is 0 Å². The molecule has 0 radical (unpaired) electrons. The van der Waals surface area contributed by atoms with E-state index in [1.54, 1.807) is 30.2 Å². The molecule has 2 heterocycles. The number of pyridine rings is 1. The molecule has 2 rings (SSSR count). The normalized spacial score (nSPS) is 17.7. The first kappa shape index (κ1) is 15.0. The van der Waals surface area contributed by atoms with Crippen LogP contribution in [0.4, 0.5) is 5.82 Å². The fourth-order valence-electron chi connectivity index (χ4n) is 2.32. The number of carbonyl (C=O) groups is 2. The van der Waals surface area contributed by atoms with Crippen LogP contribution in [0.15, 0.2) is 31.0 Å². The molecule has 1 aliphatic heterocycles. The maximum Gasteiger partial charge on any atom is 0.253 e. The van der Waals surface area contributed by atoms with E-state index in [0.717, 1.165) is 13.0 Å². The smallest absolute Gasteiger partial charge is 0.253 e. The van der Waals surface area contributed by atoms with Crippen molar-refractivity contribution in [2.45, 2.75) is 12.5 Å². The van der Waals surface area contributed by atoms with Gasteiger partial charge < -0.3 is 15.1 Å². The molecule has 1 aromatic heterocycles. The summed E-state index contributed by atoms with van der Waals surface area (Å²) in [5, 5.41) is 2.69. The Morgan fingerprint density at radius 3 is 2.90 bits per heavy atom. The van der Waals surface area contributed by atoms with Crippen LogP contribution >= 0.6 is 0 Å². The van der Waals surface area contributed by atoms with Crippen LogP contribution in [0.1, 0.15) is 16.8 Å². The van der Waals surface area contributed by atoms with Crippen molar-refractivity contribution >= 4 is 17.6 Å². The standard InChI is InChI=1S/C15H20N4O2/c1-4-8-16-14(20)11-5-6-13(17-10-11)19(3)12-7-9-18(2)15(12)21/h4-6,10,12H,1,7-9H2,2-3H3,(H,16,20)/t12-/m0/s1. The molecule has 0 spiro atoms. The van der Waals surface area contributed by atoms with Crippen molar-refractivity contribution < 1.29 is 9.59 Å². The molecule has 0 saturated carbocycles. The van der Waals surface area contributed by atoms with E-state index >= 15 is 0 Å². The summed E-state index contributed by atoms with van der Waals surface area (Å²) in [6.45, 7) is 4.73. The van der Waals surface area contributed by atoms with E-state index in [9.17, 15) is 9.59 Å². The number of hydrogen-bond acceptors (Lipinski definition) is 4. The number of nitrogens with zero attached hydrogens (tertiary/aromatic N) is 3. The van der Waals surface area contributed by atoms with Crippen LogP contribution in [-0.4, -0.2) is 54.9 Å². The zero-order valence-electron chi connectivity index (χ0n) is 12.4. The summed E-state index contributed by atoms with van der Waals surface area (Å²) in [6.07, 6.45) is 3.93. The van der Waals surface area contributed by atoms with Gasteiger partial charge in [0.1, 0.15) is 11.9 Å². The molecule has 6 nitrogen and oxygen atoms in total. The Bertz CT molecular complexity index is 541. The molecule has 0 aromatic carbocycles. The number of likely N-dealkylation sites (tertiary alicyclic amines) is 1. The van der Waals surface area contributed by atoms with Crippen LogP contribution in [0.3, 0.4) is 0 Å². The Balaban J connectivity index is 2.06. The lowest BCUT2D eigenvalue weighted by molar-refractivity contribution is -0.127. The van der Waals surface area contributed by atoms with Crippen molar-refractivity contribution in [2.24, 2.45) is 0 Å². The van der Waals surface area contributed by atoms with Crippen molar-refractivity contribution in [3.63, 3.8) is 0 Å². The van der Waals surface area contributed by atoms with E-state index in [2.05, 4.69) is 16.9 Å². The van der Waals surface area contributed by atoms with Crippen LogP contribution in [0, 0.1) is 0 Å². The molecule has 1 aliphatic rings. The third-order valence-corrected chi connectivity index (χ3v) is 3.65. The minimum atomic E-state index is -0.187. The number of amides is 2. The average molecular weight is 288 g/mol. The Morgan fingerprint density at radius 1 is 1.62 bits per heavy atom. The molecule has 1 fully saturated rings. The van der Waals surface area contributed by atoms with Gasteiger partial charge in [0.25, 0.3) is 5.91 Å². The Morgan fingerprint density at radius 2 is 2.38 bits per heavy atom. The van der Waals surface area contributed by atoms with Crippen LogP contribution in [0.2, 0.25) is 0 Å². The van der Waals surface area contributed by atoms with Crippen LogP contribution < -0.4 is 10.2 Å². The lowest BCUT2D eigenvalue weighted by Crippen LogP contribution is -2.39. The van der Waals surface area contributed by atoms with Gasteiger partial charge in [-0.1, -0.05) is 6.08 Å². The molecule has 112 valence electrons. The second kappa shape index (κ2) is 6.39. The molecule has 1 atom stereocenters. The molecular weight excluding hydrogens is 268 g/mol. The Hall–Kier alpha value is -2.37. The maximum absolute atomic E-state index is 12.0. The monoisotopic (exact) mass is 288 g/mol. The quantitative estimate of drug-likeness (QED) is 0.809. The summed E-state index contributed by atoms with van der Waals surface area (Å²) in [6, 6.07) is 3.29. The molecular formula is C15H20N4O2. The molecule has 2 amide bonds. The van der Waals surface area contributed by atoms with E-state index in [4.69, 9.17) is 0 Å². The van der Waals surface area contributed by atoms with Crippen LogP contribution in [-0.2, 0) is 4.79 Å². The minimum Gasteiger partial charge on any atom is -0.349 e. The zero-order chi connectivity index (χ0) is 15.4. The van der Waals surface area contributed by atoms with Gasteiger partial charge >= 0.3 is 0 Å². The number of hydrogen-bond donors (Lipinski definition) is 1. The van der Waals surface area contributed by atoms with Gasteiger partial charge in [0.2, 0.25) is 5.91 Å². The average Bonchev–Trinajstić information content (AvgIpc) is 2.84. The van der Waals surface area contributed by atoms with Gasteiger partial charge in [-0.25, -0.2) is 4.98 Å². The molecule has 1 saturated heterocycles. The second-order valence-corrected chi connectivity index (χ2v) is 5.08. The zero-order valence-corrected chi connectivity index (χ0v) is 12.4. The highest BCUT2D eigenvalue weighted by atomic mass is 16.2. The van der Waals surface area contributed by atoms with Gasteiger partial charge in [-0.2, -0.15) is 0 Å². The fourth-order valence-corrected chi connectivity index (χ4v) is 2.32. The predicted octanol–water partition coefficient (Wildman–Crippen LogP) is 0.664. The van der Waals surface area contributed by atoms with Gasteiger partial charge in [0.05, 0.1) is 5.56 Å². The highest BCUT2D eigenvalue weighted by Gasteiger charge is 2.32. The molecule has 6 heteroatoms. The van der Waals surface area contributed by atoms with Crippen molar-refractivity contribution in [1.29, 1.82) is 0 Å². The number of rotatable bonds is 5. The number of likely N-dealkylation sites (N-methyl/N-ethyl adjacent to an activating group) is 2. The van der Waals surface area contributed by atoms with E-state index < -0.39 is 0 Å². The molecule has 0 bridgehead atoms. The summed E-state index contributed by atoms with van der Waals surface area (Å²) < 4.78 is 0. The molecule has 1 N–H and O–H groups in total. The first-order chi connectivity index (χ1) is 10.0. The van der Waals surface area contributed by atoms with Gasteiger partial charge in [-0.3, -0.25) is 9.59 Å². The van der Waals surface area contributed by atoms with Crippen LogP contribution in [0.25, 0.3) is 0 Å². The van der Waals surface area contributed by atoms with E-state index in [1.807, 2.05) is 11.9 Å². The number of carbonyl (C=O) groups excluding carboxylic acids is 2. The lowest BCUT2D eigenvalue weighted by atomic mass is 10.2. The molecule has 0 unspecified atom stereocenters. The minimum absolute atomic E-state index is 0.104. The van der Waals surface area contributed by atoms with Gasteiger partial charge in [-0.15, -0.1) is 6.58 Å². The number of anilines is 1. The predicted molar refractivity (Wildman–Crippen MR) is 81.2 cm³/mol. The first-order valence-electron chi connectivity index (χ1n) is 6.87. The summed E-state index contributed by atoms with van der Waals surface area (Å²) in [7, 11) is 3.65. The molecule has 1 aromatic rings. The third kappa shape index (κ3) is 3.21. The summed E-state index contributed by atoms with van der Waals surface area (Å²) in [4.78, 5) is 31.6. The maximum atomic E-state index is 12.0. The first-order valence-corrected chi connectivity index (χ1v) is 6.87. The SMILES string of the molecule is C=CCNC(=O)c1ccc(N(C)[C@H]2CCN(C)C2=O)nc1. The molecule has 21 heavy (non-hydrogen) atoms. The summed E-state index contributed by atoms with van der Waals surface area (Å²) in [5.41, 5.74) is 0.490. The van der Waals surface area contributed by atoms with E-state index in [0.29, 0.717) is 17.9 Å². The van der Waals surface area contributed by atoms with Crippen molar-refractivity contribution in [3.8, 4) is 0 Å². The fraction of sp³-hybridized carbons (Fsp3) is 0.400. The summed E-state index contributed by atoms with van der Waals surface area (Å²) >= 11 is 0. The van der Waals surface area contributed by atoms with Crippen molar-refractivity contribution in [3.05, 3.63) is 36.5 Å². The Kier molecular flexibility index (Phi) is 4.57. The van der Waals surface area contributed by atoms with Gasteiger partial charge in [0, 0.05) is 33.4 Å². The third-order valence-electron chi connectivity index (χ3n) is 3.65. The topological polar surface area (TPSA) is 65.5 Å². The number of nitrogens with one attached hydrogen (secondary N) is 1. The van der Waals surface area contributed by atoms with Crippen molar-refractivity contribution in [1.82, 2.24) is 15.2 Å². The molecule has 0 aliphatic carbocycles. The van der Waals surface area contributed by atoms with Crippen molar-refractivity contribution in [2.75, 3.05) is 32.1 Å².